The van der Waals surface area contributed by atoms with E-state index in [0.717, 1.165) is 21.8 Å². The summed E-state index contributed by atoms with van der Waals surface area (Å²) in [4.78, 5) is 25.4. The first-order valence-electron chi connectivity index (χ1n) is 7.58. The van der Waals surface area contributed by atoms with Crippen molar-refractivity contribution in [1.29, 1.82) is 0 Å². The fourth-order valence-corrected chi connectivity index (χ4v) is 3.76. The van der Waals surface area contributed by atoms with E-state index in [9.17, 15) is 9.59 Å². The van der Waals surface area contributed by atoms with Crippen molar-refractivity contribution in [1.82, 2.24) is 5.32 Å². The quantitative estimate of drug-likeness (QED) is 0.807. The molecule has 3 nitrogen and oxygen atoms in total. The molecule has 2 aromatic carbocycles. The van der Waals surface area contributed by atoms with E-state index in [-0.39, 0.29) is 11.7 Å². The fraction of sp³-hybridized carbons (Fsp3) is 0.158. The van der Waals surface area contributed by atoms with Gasteiger partial charge in [0.1, 0.15) is 0 Å². The van der Waals surface area contributed by atoms with Gasteiger partial charge in [0, 0.05) is 39.4 Å². The average molecular weight is 358 g/mol. The molecule has 0 radical (unpaired) electrons. The number of amides is 1. The molecule has 24 heavy (non-hydrogen) atoms. The summed E-state index contributed by atoms with van der Waals surface area (Å²) in [5.74, 6) is 0.746. The molecule has 0 saturated heterocycles. The van der Waals surface area contributed by atoms with E-state index in [2.05, 4.69) is 5.32 Å². The number of benzene rings is 2. The van der Waals surface area contributed by atoms with Gasteiger partial charge in [-0.25, -0.2) is 0 Å². The number of fused-ring (bicyclic) bond motifs is 1. The second-order valence-electron chi connectivity index (χ2n) is 5.44. The van der Waals surface area contributed by atoms with Crippen molar-refractivity contribution in [3.05, 3.63) is 69.8 Å². The van der Waals surface area contributed by atoms with Gasteiger partial charge in [-0.3, -0.25) is 9.59 Å². The number of thioether (sulfide) groups is 1. The molecule has 0 fully saturated rings. The number of hydrogen-bond acceptors (Lipinski definition) is 3. The highest BCUT2D eigenvalue weighted by molar-refractivity contribution is 7.99. The summed E-state index contributed by atoms with van der Waals surface area (Å²) in [7, 11) is 1.60. The lowest BCUT2D eigenvalue weighted by atomic mass is 9.98. The number of Topliss-reactive ketones (excluding diaryl/α,β-unsaturated/α-hetero) is 1. The van der Waals surface area contributed by atoms with E-state index in [4.69, 9.17) is 11.6 Å². The molecule has 1 aliphatic heterocycles. The Morgan fingerprint density at radius 3 is 2.67 bits per heavy atom. The zero-order chi connectivity index (χ0) is 17.1. The van der Waals surface area contributed by atoms with Gasteiger partial charge in [-0.15, -0.1) is 11.8 Å². The first-order valence-corrected chi connectivity index (χ1v) is 8.94. The highest BCUT2D eigenvalue weighted by atomic mass is 35.5. The van der Waals surface area contributed by atoms with Gasteiger partial charge in [-0.1, -0.05) is 23.7 Å². The Hall–Kier alpha value is -2.04. The Morgan fingerprint density at radius 1 is 1.21 bits per heavy atom. The van der Waals surface area contributed by atoms with Crippen molar-refractivity contribution < 1.29 is 9.59 Å². The molecule has 2 aromatic rings. The Balaban J connectivity index is 1.92. The topological polar surface area (TPSA) is 46.2 Å². The summed E-state index contributed by atoms with van der Waals surface area (Å²) < 4.78 is 0. The Bertz CT molecular complexity index is 828. The Labute approximate surface area is 150 Å². The zero-order valence-electron chi connectivity index (χ0n) is 13.1. The van der Waals surface area contributed by atoms with E-state index >= 15 is 0 Å². The first kappa shape index (κ1) is 16.8. The molecule has 0 aliphatic carbocycles. The molecular weight excluding hydrogens is 342 g/mol. The molecular formula is C19H16ClNO2S. The molecule has 1 heterocycles. The minimum absolute atomic E-state index is 0.0212. The van der Waals surface area contributed by atoms with E-state index in [1.54, 1.807) is 37.0 Å². The van der Waals surface area contributed by atoms with Crippen LogP contribution in [-0.2, 0) is 0 Å². The van der Waals surface area contributed by atoms with Crippen LogP contribution in [0.3, 0.4) is 0 Å². The molecule has 0 spiro atoms. The molecule has 1 N–H and O–H groups in total. The molecule has 0 atom stereocenters. The Kier molecular flexibility index (Phi) is 5.07. The molecule has 0 bridgehead atoms. The van der Waals surface area contributed by atoms with Gasteiger partial charge in [0.05, 0.1) is 0 Å². The summed E-state index contributed by atoms with van der Waals surface area (Å²) in [6.07, 6.45) is 2.60. The SMILES string of the molecule is CNC(=O)c1ccc(C=C2CCSc3ccc(Cl)cc3C2=O)cc1. The minimum atomic E-state index is -0.125. The summed E-state index contributed by atoms with van der Waals surface area (Å²) in [5.41, 5.74) is 2.93. The zero-order valence-corrected chi connectivity index (χ0v) is 14.7. The minimum Gasteiger partial charge on any atom is -0.355 e. The van der Waals surface area contributed by atoms with Crippen molar-refractivity contribution in [3.63, 3.8) is 0 Å². The highest BCUT2D eigenvalue weighted by Crippen LogP contribution is 2.33. The third-order valence-electron chi connectivity index (χ3n) is 3.85. The van der Waals surface area contributed by atoms with Gasteiger partial charge in [-0.2, -0.15) is 0 Å². The molecule has 5 heteroatoms. The second kappa shape index (κ2) is 7.24. The normalized spacial score (nSPS) is 15.8. The maximum atomic E-state index is 12.8. The van der Waals surface area contributed by atoms with Gasteiger partial charge >= 0.3 is 0 Å². The van der Waals surface area contributed by atoms with Crippen LogP contribution in [0.25, 0.3) is 6.08 Å². The van der Waals surface area contributed by atoms with Gasteiger partial charge < -0.3 is 5.32 Å². The van der Waals surface area contributed by atoms with Crippen molar-refractivity contribution >= 4 is 41.1 Å². The number of carbonyl (C=O) groups excluding carboxylic acids is 2. The number of allylic oxidation sites excluding steroid dienone is 1. The van der Waals surface area contributed by atoms with Gasteiger partial charge in [-0.05, 0) is 48.4 Å². The smallest absolute Gasteiger partial charge is 0.251 e. The van der Waals surface area contributed by atoms with Crippen LogP contribution in [0, 0.1) is 0 Å². The largest absolute Gasteiger partial charge is 0.355 e. The molecule has 0 saturated carbocycles. The van der Waals surface area contributed by atoms with Crippen LogP contribution in [0.4, 0.5) is 0 Å². The highest BCUT2D eigenvalue weighted by Gasteiger charge is 2.20. The lowest BCUT2D eigenvalue weighted by Gasteiger charge is -2.06. The lowest BCUT2D eigenvalue weighted by molar-refractivity contribution is 0.0962. The van der Waals surface area contributed by atoms with Crippen molar-refractivity contribution in [2.45, 2.75) is 11.3 Å². The molecule has 0 unspecified atom stereocenters. The first-order chi connectivity index (χ1) is 11.6. The van der Waals surface area contributed by atoms with Crippen LogP contribution in [-0.4, -0.2) is 24.5 Å². The number of ketones is 1. The Morgan fingerprint density at radius 2 is 1.96 bits per heavy atom. The van der Waals surface area contributed by atoms with Crippen molar-refractivity contribution in [2.75, 3.05) is 12.8 Å². The standard InChI is InChI=1S/C19H16ClNO2S/c1-21-19(23)13-4-2-12(3-5-13)10-14-8-9-24-17-7-6-15(20)11-16(17)18(14)22/h2-7,10-11H,8-9H2,1H3,(H,21,23). The summed E-state index contributed by atoms with van der Waals surface area (Å²) >= 11 is 7.72. The van der Waals surface area contributed by atoms with Crippen LogP contribution in [0.5, 0.6) is 0 Å². The number of nitrogens with one attached hydrogen (secondary N) is 1. The third kappa shape index (κ3) is 3.55. The summed E-state index contributed by atoms with van der Waals surface area (Å²) in [6, 6.07) is 12.7. The molecule has 1 amide bonds. The van der Waals surface area contributed by atoms with E-state index in [1.807, 2.05) is 30.3 Å². The fourth-order valence-electron chi connectivity index (χ4n) is 2.58. The van der Waals surface area contributed by atoms with Crippen LogP contribution < -0.4 is 5.32 Å². The van der Waals surface area contributed by atoms with Crippen molar-refractivity contribution in [3.8, 4) is 0 Å². The van der Waals surface area contributed by atoms with E-state index in [0.29, 0.717) is 22.6 Å². The predicted octanol–water partition coefficient (Wildman–Crippen LogP) is 4.46. The van der Waals surface area contributed by atoms with Crippen LogP contribution in [0.1, 0.15) is 32.7 Å². The number of rotatable bonds is 2. The van der Waals surface area contributed by atoms with Gasteiger partial charge in [0.2, 0.25) is 0 Å². The number of hydrogen-bond donors (Lipinski definition) is 1. The monoisotopic (exact) mass is 357 g/mol. The van der Waals surface area contributed by atoms with Crippen molar-refractivity contribution in [2.24, 2.45) is 0 Å². The third-order valence-corrected chi connectivity index (χ3v) is 5.16. The van der Waals surface area contributed by atoms with E-state index in [1.165, 1.54) is 0 Å². The predicted molar refractivity (Wildman–Crippen MR) is 98.9 cm³/mol. The second-order valence-corrected chi connectivity index (χ2v) is 7.01. The average Bonchev–Trinajstić information content (AvgIpc) is 2.75. The maximum absolute atomic E-state index is 12.8. The summed E-state index contributed by atoms with van der Waals surface area (Å²) in [5, 5.41) is 3.16. The maximum Gasteiger partial charge on any atom is 0.251 e. The van der Waals surface area contributed by atoms with Gasteiger partial charge in [0.15, 0.2) is 5.78 Å². The lowest BCUT2D eigenvalue weighted by Crippen LogP contribution is -2.17. The van der Waals surface area contributed by atoms with Crippen LogP contribution in [0.2, 0.25) is 5.02 Å². The van der Waals surface area contributed by atoms with Crippen LogP contribution >= 0.6 is 23.4 Å². The molecule has 0 aromatic heterocycles. The van der Waals surface area contributed by atoms with Gasteiger partial charge in [0.25, 0.3) is 5.91 Å². The number of halogens is 1. The summed E-state index contributed by atoms with van der Waals surface area (Å²) in [6.45, 7) is 0. The molecule has 122 valence electrons. The van der Waals surface area contributed by atoms with E-state index < -0.39 is 0 Å². The molecule has 3 rings (SSSR count). The molecule has 1 aliphatic rings. The number of carbonyl (C=O) groups is 2. The van der Waals surface area contributed by atoms with Crippen LogP contribution in [0.15, 0.2) is 52.9 Å².